The van der Waals surface area contributed by atoms with Gasteiger partial charge in [0.05, 0.1) is 13.4 Å². The molecular weight excluding hydrogens is 342 g/mol. The summed E-state index contributed by atoms with van der Waals surface area (Å²) in [4.78, 5) is 11.9. The molecule has 0 aliphatic heterocycles. The van der Waals surface area contributed by atoms with E-state index in [2.05, 4.69) is 15.4 Å². The number of ether oxygens (including phenoxy) is 1. The Hall–Kier alpha value is -2.74. The van der Waals surface area contributed by atoms with Crippen molar-refractivity contribution in [1.82, 2.24) is 10.6 Å². The summed E-state index contributed by atoms with van der Waals surface area (Å²) in [6.45, 7) is 0.614. The smallest absolute Gasteiger partial charge is 0.315 e. The van der Waals surface area contributed by atoms with Crippen molar-refractivity contribution in [3.63, 3.8) is 0 Å². The first-order chi connectivity index (χ1) is 11.9. The van der Waals surface area contributed by atoms with Gasteiger partial charge in [-0.2, -0.15) is 0 Å². The molecule has 0 fully saturated rings. The maximum Gasteiger partial charge on any atom is 0.315 e. The van der Waals surface area contributed by atoms with Gasteiger partial charge < -0.3 is 15.4 Å². The van der Waals surface area contributed by atoms with Crippen LogP contribution in [0.25, 0.3) is 0 Å². The number of anilines is 1. The van der Waals surface area contributed by atoms with Gasteiger partial charge in [0, 0.05) is 24.3 Å². The predicted molar refractivity (Wildman–Crippen MR) is 97.0 cm³/mol. The zero-order valence-corrected chi connectivity index (χ0v) is 14.9. The number of urea groups is 1. The molecule has 0 saturated heterocycles. The zero-order chi connectivity index (χ0) is 18.3. The zero-order valence-electron chi connectivity index (χ0n) is 14.1. The highest BCUT2D eigenvalue weighted by molar-refractivity contribution is 7.92. The molecule has 0 unspecified atom stereocenters. The lowest BCUT2D eigenvalue weighted by molar-refractivity contribution is 0.240. The molecule has 0 atom stereocenters. The third-order valence-corrected chi connectivity index (χ3v) is 3.92. The maximum atomic E-state index is 11.9. The Balaban J connectivity index is 1.87. The fraction of sp³-hybridized carbons (Fsp3) is 0.235. The largest absolute Gasteiger partial charge is 0.496 e. The molecular formula is C17H21N3O4S. The minimum atomic E-state index is -3.33. The number of rotatable bonds is 7. The van der Waals surface area contributed by atoms with E-state index in [1.165, 1.54) is 0 Å². The van der Waals surface area contributed by atoms with Crippen LogP contribution in [0, 0.1) is 0 Å². The molecule has 0 spiro atoms. The van der Waals surface area contributed by atoms with Crippen LogP contribution in [-0.2, 0) is 23.1 Å². The van der Waals surface area contributed by atoms with Gasteiger partial charge in [-0.1, -0.05) is 30.3 Å². The molecule has 0 aliphatic carbocycles. The van der Waals surface area contributed by atoms with E-state index in [1.54, 1.807) is 31.4 Å². The number of amides is 2. The highest BCUT2D eigenvalue weighted by atomic mass is 32.2. The Morgan fingerprint density at radius 1 is 1.04 bits per heavy atom. The maximum absolute atomic E-state index is 11.9. The van der Waals surface area contributed by atoms with Crippen molar-refractivity contribution in [2.45, 2.75) is 13.1 Å². The van der Waals surface area contributed by atoms with Crippen molar-refractivity contribution < 1.29 is 17.9 Å². The molecule has 2 amide bonds. The van der Waals surface area contributed by atoms with Crippen LogP contribution in [0.4, 0.5) is 10.5 Å². The molecule has 0 saturated carbocycles. The van der Waals surface area contributed by atoms with Crippen molar-refractivity contribution in [1.29, 1.82) is 0 Å². The van der Waals surface area contributed by atoms with Crippen molar-refractivity contribution in [2.75, 3.05) is 18.1 Å². The summed E-state index contributed by atoms with van der Waals surface area (Å²) in [6, 6.07) is 13.9. The molecule has 2 rings (SSSR count). The monoisotopic (exact) mass is 363 g/mol. The van der Waals surface area contributed by atoms with Gasteiger partial charge in [0.25, 0.3) is 0 Å². The minimum absolute atomic E-state index is 0.275. The second-order valence-corrected chi connectivity index (χ2v) is 7.17. The summed E-state index contributed by atoms with van der Waals surface area (Å²) in [6.07, 6.45) is 1.09. The minimum Gasteiger partial charge on any atom is -0.496 e. The standard InChI is InChI=1S/C17H21N3O4S/c1-24-16-9-4-3-7-14(16)12-19-17(21)18-11-13-6-5-8-15(10-13)20-25(2,22)23/h3-10,20H,11-12H2,1-2H3,(H2,18,19,21). The van der Waals surface area contributed by atoms with E-state index in [9.17, 15) is 13.2 Å². The Kier molecular flexibility index (Phi) is 6.24. The third kappa shape index (κ3) is 6.34. The number of hydrogen-bond donors (Lipinski definition) is 3. The van der Waals surface area contributed by atoms with Crippen molar-refractivity contribution in [3.8, 4) is 5.75 Å². The van der Waals surface area contributed by atoms with Gasteiger partial charge in [-0.15, -0.1) is 0 Å². The predicted octanol–water partition coefficient (Wildman–Crippen LogP) is 2.07. The number of hydrogen-bond acceptors (Lipinski definition) is 4. The molecule has 2 aromatic carbocycles. The molecule has 0 bridgehead atoms. The first kappa shape index (κ1) is 18.6. The molecule has 0 aromatic heterocycles. The number of para-hydroxylation sites is 1. The topological polar surface area (TPSA) is 96.5 Å². The number of methoxy groups -OCH3 is 1. The molecule has 2 aromatic rings. The van der Waals surface area contributed by atoms with Crippen molar-refractivity contribution >= 4 is 21.7 Å². The van der Waals surface area contributed by atoms with E-state index in [0.717, 1.165) is 17.4 Å². The number of sulfonamides is 1. The Labute approximate surface area is 147 Å². The second kappa shape index (κ2) is 8.39. The summed E-state index contributed by atoms with van der Waals surface area (Å²) in [7, 11) is -1.75. The molecule has 3 N–H and O–H groups in total. The molecule has 7 nitrogen and oxygen atoms in total. The lowest BCUT2D eigenvalue weighted by atomic mass is 10.2. The van der Waals surface area contributed by atoms with Gasteiger partial charge in [-0.3, -0.25) is 4.72 Å². The van der Waals surface area contributed by atoms with Crippen LogP contribution in [-0.4, -0.2) is 27.8 Å². The Bertz CT molecular complexity index is 837. The quantitative estimate of drug-likeness (QED) is 0.701. The van der Waals surface area contributed by atoms with E-state index in [-0.39, 0.29) is 12.6 Å². The van der Waals surface area contributed by atoms with Gasteiger partial charge >= 0.3 is 6.03 Å². The Morgan fingerprint density at radius 2 is 1.76 bits per heavy atom. The molecule has 25 heavy (non-hydrogen) atoms. The van der Waals surface area contributed by atoms with Crippen LogP contribution in [0.3, 0.4) is 0 Å². The van der Waals surface area contributed by atoms with Crippen LogP contribution in [0.5, 0.6) is 5.75 Å². The number of nitrogens with one attached hydrogen (secondary N) is 3. The highest BCUT2D eigenvalue weighted by Gasteiger charge is 2.06. The average Bonchev–Trinajstić information content (AvgIpc) is 2.57. The molecule has 8 heteroatoms. The average molecular weight is 363 g/mol. The third-order valence-electron chi connectivity index (χ3n) is 3.32. The van der Waals surface area contributed by atoms with Crippen LogP contribution in [0.15, 0.2) is 48.5 Å². The molecule has 0 aliphatic rings. The lowest BCUT2D eigenvalue weighted by Crippen LogP contribution is -2.34. The van der Waals surface area contributed by atoms with Gasteiger partial charge in [-0.05, 0) is 23.8 Å². The Morgan fingerprint density at radius 3 is 2.48 bits per heavy atom. The summed E-state index contributed by atoms with van der Waals surface area (Å²) >= 11 is 0. The fourth-order valence-electron chi connectivity index (χ4n) is 2.23. The van der Waals surface area contributed by atoms with Gasteiger partial charge in [0.1, 0.15) is 5.75 Å². The molecule has 134 valence electrons. The van der Waals surface area contributed by atoms with Gasteiger partial charge in [0.15, 0.2) is 0 Å². The van der Waals surface area contributed by atoms with Crippen LogP contribution in [0.1, 0.15) is 11.1 Å². The summed E-state index contributed by atoms with van der Waals surface area (Å²) in [5, 5.41) is 5.48. The highest BCUT2D eigenvalue weighted by Crippen LogP contribution is 2.16. The number of carbonyl (C=O) groups is 1. The van der Waals surface area contributed by atoms with Gasteiger partial charge in [0.2, 0.25) is 10.0 Å². The fourth-order valence-corrected chi connectivity index (χ4v) is 2.78. The number of benzene rings is 2. The van der Waals surface area contributed by atoms with Crippen LogP contribution < -0.4 is 20.1 Å². The first-order valence-corrected chi connectivity index (χ1v) is 9.47. The first-order valence-electron chi connectivity index (χ1n) is 7.58. The lowest BCUT2D eigenvalue weighted by Gasteiger charge is -2.11. The number of carbonyl (C=O) groups excluding carboxylic acids is 1. The van der Waals surface area contributed by atoms with E-state index < -0.39 is 10.0 Å². The van der Waals surface area contributed by atoms with Crippen LogP contribution in [0.2, 0.25) is 0 Å². The molecule has 0 heterocycles. The van der Waals surface area contributed by atoms with Crippen molar-refractivity contribution in [3.05, 3.63) is 59.7 Å². The van der Waals surface area contributed by atoms with Crippen LogP contribution >= 0.6 is 0 Å². The second-order valence-electron chi connectivity index (χ2n) is 5.42. The van der Waals surface area contributed by atoms with E-state index in [1.807, 2.05) is 24.3 Å². The normalized spacial score (nSPS) is 10.8. The molecule has 0 radical (unpaired) electrons. The van der Waals surface area contributed by atoms with Crippen molar-refractivity contribution in [2.24, 2.45) is 0 Å². The SMILES string of the molecule is COc1ccccc1CNC(=O)NCc1cccc(NS(C)(=O)=O)c1. The summed E-state index contributed by atoms with van der Waals surface area (Å²) in [5.74, 6) is 0.711. The summed E-state index contributed by atoms with van der Waals surface area (Å²) in [5.41, 5.74) is 2.11. The van der Waals surface area contributed by atoms with E-state index >= 15 is 0 Å². The van der Waals surface area contributed by atoms with E-state index in [0.29, 0.717) is 18.0 Å². The van der Waals surface area contributed by atoms with E-state index in [4.69, 9.17) is 4.74 Å². The summed E-state index contributed by atoms with van der Waals surface area (Å²) < 4.78 is 30.1. The van der Waals surface area contributed by atoms with Gasteiger partial charge in [-0.25, -0.2) is 13.2 Å².